The van der Waals surface area contributed by atoms with Crippen LogP contribution in [-0.4, -0.2) is 20.8 Å². The third-order valence-electron chi connectivity index (χ3n) is 2.23. The predicted molar refractivity (Wildman–Crippen MR) is 45.7 cm³/mol. The maximum atomic E-state index is 11.2. The molecule has 1 aliphatic rings. The van der Waals surface area contributed by atoms with Crippen LogP contribution >= 0.6 is 0 Å². The van der Waals surface area contributed by atoms with Gasteiger partial charge in [-0.1, -0.05) is 0 Å². The van der Waals surface area contributed by atoms with Crippen molar-refractivity contribution < 1.29 is 5.11 Å². The summed E-state index contributed by atoms with van der Waals surface area (Å²) >= 11 is 0. The van der Waals surface area contributed by atoms with Crippen LogP contribution in [-0.2, 0) is 0 Å². The highest BCUT2D eigenvalue weighted by Gasteiger charge is 2.37. The zero-order valence-electron chi connectivity index (χ0n) is 7.15. The molecule has 1 heterocycles. The summed E-state index contributed by atoms with van der Waals surface area (Å²) in [7, 11) is 0. The van der Waals surface area contributed by atoms with Gasteiger partial charge in [0, 0.05) is 11.8 Å². The van der Waals surface area contributed by atoms with E-state index in [1.165, 1.54) is 10.8 Å². The Morgan fingerprint density at radius 1 is 1.62 bits per heavy atom. The van der Waals surface area contributed by atoms with Crippen LogP contribution in [0.3, 0.4) is 0 Å². The van der Waals surface area contributed by atoms with Crippen LogP contribution in [0.15, 0.2) is 15.8 Å². The number of nitrogens with one attached hydrogen (secondary N) is 1. The molecule has 1 aromatic heterocycles. The lowest BCUT2D eigenvalue weighted by atomic mass is 10.4. The molecule has 0 amide bonds. The summed E-state index contributed by atoms with van der Waals surface area (Å²) in [5.74, 6) is 0. The Hall–Kier alpha value is -1.36. The van der Waals surface area contributed by atoms with E-state index >= 15 is 0 Å². The molecule has 2 unspecified atom stereocenters. The van der Waals surface area contributed by atoms with Gasteiger partial charge in [0.05, 0.1) is 12.1 Å². The summed E-state index contributed by atoms with van der Waals surface area (Å²) in [5, 5.41) is 9.11. The van der Waals surface area contributed by atoms with Crippen molar-refractivity contribution in [3.05, 3.63) is 32.6 Å². The number of hydrogen-bond acceptors (Lipinski definition) is 3. The van der Waals surface area contributed by atoms with E-state index in [4.69, 9.17) is 5.11 Å². The number of aliphatic hydroxyl groups is 1. The van der Waals surface area contributed by atoms with Gasteiger partial charge in [-0.05, 0) is 13.3 Å². The van der Waals surface area contributed by atoms with Gasteiger partial charge < -0.3 is 5.11 Å². The number of rotatable bonds is 1. The lowest BCUT2D eigenvalue weighted by Crippen LogP contribution is -2.30. The molecule has 1 aromatic rings. The van der Waals surface area contributed by atoms with Gasteiger partial charge in [0.1, 0.15) is 0 Å². The van der Waals surface area contributed by atoms with Crippen molar-refractivity contribution in [1.82, 2.24) is 9.55 Å². The Labute approximate surface area is 73.7 Å². The predicted octanol–water partition coefficient (Wildman–Crippen LogP) is -0.849. The highest BCUT2D eigenvalue weighted by Crippen LogP contribution is 2.33. The van der Waals surface area contributed by atoms with E-state index in [1.807, 2.05) is 0 Å². The van der Waals surface area contributed by atoms with Crippen LogP contribution in [0, 0.1) is 6.92 Å². The van der Waals surface area contributed by atoms with Crippen molar-refractivity contribution in [2.45, 2.75) is 25.5 Å². The molecule has 5 heteroatoms. The third-order valence-corrected chi connectivity index (χ3v) is 2.23. The van der Waals surface area contributed by atoms with Crippen LogP contribution in [0.4, 0.5) is 0 Å². The molecule has 0 bridgehead atoms. The maximum absolute atomic E-state index is 11.2. The first-order chi connectivity index (χ1) is 6.09. The first-order valence-corrected chi connectivity index (χ1v) is 4.09. The molecule has 70 valence electrons. The van der Waals surface area contributed by atoms with E-state index in [2.05, 4.69) is 4.98 Å². The third kappa shape index (κ3) is 1.31. The molecule has 2 atom stereocenters. The Morgan fingerprint density at radius 3 is 2.77 bits per heavy atom. The monoisotopic (exact) mass is 182 g/mol. The Kier molecular flexibility index (Phi) is 1.63. The lowest BCUT2D eigenvalue weighted by molar-refractivity contribution is 0.258. The molecular weight excluding hydrogens is 172 g/mol. The van der Waals surface area contributed by atoms with Gasteiger partial charge in [0.2, 0.25) is 0 Å². The quantitative estimate of drug-likeness (QED) is 0.594. The van der Waals surface area contributed by atoms with Gasteiger partial charge in [0.25, 0.3) is 5.56 Å². The highest BCUT2D eigenvalue weighted by molar-refractivity contribution is 5.05. The van der Waals surface area contributed by atoms with E-state index < -0.39 is 11.8 Å². The van der Waals surface area contributed by atoms with Crippen molar-refractivity contribution >= 4 is 0 Å². The molecule has 1 aliphatic carbocycles. The SMILES string of the molecule is Cc1cn(C2CC2O)c(=O)[nH]c1=O. The summed E-state index contributed by atoms with van der Waals surface area (Å²) in [4.78, 5) is 24.4. The minimum absolute atomic E-state index is 0.150. The first kappa shape index (κ1) is 8.25. The second-order valence-electron chi connectivity index (χ2n) is 3.35. The van der Waals surface area contributed by atoms with Crippen LogP contribution in [0.5, 0.6) is 0 Å². The summed E-state index contributed by atoms with van der Waals surface area (Å²) in [6, 6.07) is -0.150. The zero-order valence-corrected chi connectivity index (χ0v) is 7.15. The van der Waals surface area contributed by atoms with Crippen molar-refractivity contribution in [3.8, 4) is 0 Å². The number of aromatic amines is 1. The molecule has 2 N–H and O–H groups in total. The average Bonchev–Trinajstić information content (AvgIpc) is 2.75. The number of hydrogen-bond donors (Lipinski definition) is 2. The topological polar surface area (TPSA) is 75.1 Å². The van der Waals surface area contributed by atoms with Crippen molar-refractivity contribution in [3.63, 3.8) is 0 Å². The summed E-state index contributed by atoms with van der Waals surface area (Å²) in [6.07, 6.45) is 1.64. The largest absolute Gasteiger partial charge is 0.391 e. The number of aliphatic hydroxyl groups excluding tert-OH is 1. The molecule has 13 heavy (non-hydrogen) atoms. The normalized spacial score (nSPS) is 26.0. The standard InChI is InChI=1S/C8H10N2O3/c1-4-3-10(5-2-6(5)11)8(13)9-7(4)12/h3,5-6,11H,2H2,1H3,(H,9,12,13). The average molecular weight is 182 g/mol. The Morgan fingerprint density at radius 2 is 2.23 bits per heavy atom. The molecule has 0 radical (unpaired) electrons. The van der Waals surface area contributed by atoms with Gasteiger partial charge >= 0.3 is 5.69 Å². The van der Waals surface area contributed by atoms with E-state index in [1.54, 1.807) is 6.92 Å². The fourth-order valence-corrected chi connectivity index (χ4v) is 1.30. The minimum Gasteiger partial charge on any atom is -0.391 e. The molecule has 0 spiro atoms. The molecule has 1 saturated carbocycles. The van der Waals surface area contributed by atoms with Crippen molar-refractivity contribution in [1.29, 1.82) is 0 Å². The summed E-state index contributed by atoms with van der Waals surface area (Å²) in [6.45, 7) is 1.63. The van der Waals surface area contributed by atoms with Crippen LogP contribution in [0.1, 0.15) is 18.0 Å². The number of H-pyrrole nitrogens is 1. The molecule has 0 saturated heterocycles. The zero-order chi connectivity index (χ0) is 9.59. The second-order valence-corrected chi connectivity index (χ2v) is 3.35. The fraction of sp³-hybridized carbons (Fsp3) is 0.500. The Balaban J connectivity index is 2.53. The van der Waals surface area contributed by atoms with Crippen LogP contribution in [0.25, 0.3) is 0 Å². The van der Waals surface area contributed by atoms with E-state index in [0.717, 1.165) is 0 Å². The maximum Gasteiger partial charge on any atom is 0.328 e. The van der Waals surface area contributed by atoms with Gasteiger partial charge in [-0.25, -0.2) is 4.79 Å². The fourth-order valence-electron chi connectivity index (χ4n) is 1.30. The smallest absolute Gasteiger partial charge is 0.328 e. The molecule has 0 aliphatic heterocycles. The van der Waals surface area contributed by atoms with E-state index in [-0.39, 0.29) is 11.6 Å². The summed E-state index contributed by atoms with van der Waals surface area (Å²) in [5.41, 5.74) is -0.327. The molecular formula is C8H10N2O3. The van der Waals surface area contributed by atoms with Crippen LogP contribution < -0.4 is 11.2 Å². The highest BCUT2D eigenvalue weighted by atomic mass is 16.3. The van der Waals surface area contributed by atoms with Gasteiger partial charge in [0.15, 0.2) is 0 Å². The molecule has 2 rings (SSSR count). The lowest BCUT2D eigenvalue weighted by Gasteiger charge is -2.02. The van der Waals surface area contributed by atoms with Crippen molar-refractivity contribution in [2.75, 3.05) is 0 Å². The first-order valence-electron chi connectivity index (χ1n) is 4.09. The number of aryl methyl sites for hydroxylation is 1. The summed E-state index contributed by atoms with van der Waals surface area (Å²) < 4.78 is 1.38. The van der Waals surface area contributed by atoms with Gasteiger partial charge in [-0.15, -0.1) is 0 Å². The van der Waals surface area contributed by atoms with Crippen molar-refractivity contribution in [2.24, 2.45) is 0 Å². The van der Waals surface area contributed by atoms with E-state index in [0.29, 0.717) is 12.0 Å². The number of aromatic nitrogens is 2. The molecule has 5 nitrogen and oxygen atoms in total. The van der Waals surface area contributed by atoms with Crippen LogP contribution in [0.2, 0.25) is 0 Å². The second kappa shape index (κ2) is 2.56. The van der Waals surface area contributed by atoms with Gasteiger partial charge in [-0.2, -0.15) is 0 Å². The van der Waals surface area contributed by atoms with E-state index in [9.17, 15) is 9.59 Å². The Bertz CT molecular complexity index is 445. The molecule has 1 fully saturated rings. The minimum atomic E-state index is -0.447. The number of nitrogens with zero attached hydrogens (tertiary/aromatic N) is 1. The van der Waals surface area contributed by atoms with Gasteiger partial charge in [-0.3, -0.25) is 14.3 Å². The molecule has 0 aromatic carbocycles.